The van der Waals surface area contributed by atoms with Gasteiger partial charge in [0.25, 0.3) is 0 Å². The van der Waals surface area contributed by atoms with Gasteiger partial charge in [-0.15, -0.1) is 0 Å². The summed E-state index contributed by atoms with van der Waals surface area (Å²) in [7, 11) is 0. The Morgan fingerprint density at radius 3 is 3.08 bits per heavy atom. The van der Waals surface area contributed by atoms with Crippen LogP contribution in [0.5, 0.6) is 5.75 Å². The monoisotopic (exact) mass is 158 g/mol. The fraction of sp³-hybridized carbons (Fsp3) is 0.455. The number of benzene rings is 1. The van der Waals surface area contributed by atoms with Crippen molar-refractivity contribution in [3.63, 3.8) is 0 Å². The molecule has 0 N–H and O–H groups in total. The number of fused-ring (bicyclic) bond motifs is 6. The molecule has 0 amide bonds. The molecule has 0 saturated heterocycles. The minimum Gasteiger partial charge on any atom is -0.489 e. The maximum absolute atomic E-state index is 5.86. The first kappa shape index (κ1) is 5.63. The Hall–Kier alpha value is -0.980. The molecule has 1 nitrogen and oxygen atoms in total. The molecule has 4 rings (SSSR count). The zero-order valence-electron chi connectivity index (χ0n) is 6.73. The van der Waals surface area contributed by atoms with E-state index in [2.05, 4.69) is 24.3 Å². The highest BCUT2D eigenvalue weighted by Crippen LogP contribution is 2.69. The lowest BCUT2D eigenvalue weighted by Crippen LogP contribution is -2.32. The van der Waals surface area contributed by atoms with E-state index in [0.29, 0.717) is 6.10 Å². The molecule has 0 bridgehead atoms. The SMILES string of the molecule is c1ccc2c(c1)OC1C3CC3C21. The third-order valence-corrected chi connectivity index (χ3v) is 3.67. The van der Waals surface area contributed by atoms with Crippen molar-refractivity contribution in [2.75, 3.05) is 0 Å². The molecule has 1 aromatic carbocycles. The van der Waals surface area contributed by atoms with Crippen LogP contribution in [-0.4, -0.2) is 6.10 Å². The largest absolute Gasteiger partial charge is 0.489 e. The van der Waals surface area contributed by atoms with Gasteiger partial charge < -0.3 is 4.74 Å². The van der Waals surface area contributed by atoms with Gasteiger partial charge in [0.1, 0.15) is 11.9 Å². The molecule has 1 aromatic rings. The van der Waals surface area contributed by atoms with Crippen molar-refractivity contribution >= 4 is 0 Å². The van der Waals surface area contributed by atoms with Gasteiger partial charge in [0.15, 0.2) is 0 Å². The summed E-state index contributed by atoms with van der Waals surface area (Å²) in [6.07, 6.45) is 1.98. The molecule has 2 saturated carbocycles. The molecule has 0 spiro atoms. The molecule has 0 aromatic heterocycles. The number of ether oxygens (including phenoxy) is 1. The van der Waals surface area contributed by atoms with Gasteiger partial charge in [0.05, 0.1) is 0 Å². The quantitative estimate of drug-likeness (QED) is 0.562. The smallest absolute Gasteiger partial charge is 0.123 e. The average Bonchev–Trinajstić information content (AvgIpc) is 2.70. The van der Waals surface area contributed by atoms with Crippen LogP contribution in [-0.2, 0) is 0 Å². The van der Waals surface area contributed by atoms with Crippen LogP contribution in [0.4, 0.5) is 0 Å². The summed E-state index contributed by atoms with van der Waals surface area (Å²) in [6.45, 7) is 0. The van der Waals surface area contributed by atoms with Crippen LogP contribution in [0.25, 0.3) is 0 Å². The molecule has 12 heavy (non-hydrogen) atoms. The van der Waals surface area contributed by atoms with E-state index in [0.717, 1.165) is 23.5 Å². The summed E-state index contributed by atoms with van der Waals surface area (Å²) in [4.78, 5) is 0. The third kappa shape index (κ3) is 0.447. The Labute approximate surface area is 71.4 Å². The molecule has 60 valence electrons. The van der Waals surface area contributed by atoms with Crippen molar-refractivity contribution in [3.05, 3.63) is 29.8 Å². The number of para-hydroxylation sites is 1. The van der Waals surface area contributed by atoms with Crippen LogP contribution in [0.1, 0.15) is 17.9 Å². The summed E-state index contributed by atoms with van der Waals surface area (Å²) in [5.41, 5.74) is 1.47. The third-order valence-electron chi connectivity index (χ3n) is 3.67. The molecular weight excluding hydrogens is 148 g/mol. The molecule has 1 aliphatic heterocycles. The van der Waals surface area contributed by atoms with Gasteiger partial charge in [-0.05, 0) is 18.4 Å². The van der Waals surface area contributed by atoms with E-state index in [9.17, 15) is 0 Å². The second kappa shape index (κ2) is 1.54. The summed E-state index contributed by atoms with van der Waals surface area (Å²) < 4.78 is 5.86. The first-order chi connectivity index (χ1) is 5.95. The van der Waals surface area contributed by atoms with Crippen LogP contribution in [0.15, 0.2) is 24.3 Å². The van der Waals surface area contributed by atoms with Gasteiger partial charge in [-0.25, -0.2) is 0 Å². The predicted octanol–water partition coefficient (Wildman–Crippen LogP) is 2.18. The molecule has 4 unspecified atom stereocenters. The summed E-state index contributed by atoms with van der Waals surface area (Å²) in [5.74, 6) is 3.83. The zero-order valence-corrected chi connectivity index (χ0v) is 6.73. The van der Waals surface area contributed by atoms with Crippen LogP contribution < -0.4 is 4.74 Å². The van der Waals surface area contributed by atoms with Crippen molar-refractivity contribution in [2.24, 2.45) is 11.8 Å². The molecule has 1 heterocycles. The summed E-state index contributed by atoms with van der Waals surface area (Å²) in [6, 6.07) is 8.52. The van der Waals surface area contributed by atoms with Crippen molar-refractivity contribution < 1.29 is 4.74 Å². The first-order valence-electron chi connectivity index (χ1n) is 4.71. The van der Waals surface area contributed by atoms with E-state index < -0.39 is 0 Å². The van der Waals surface area contributed by atoms with Gasteiger partial charge in [-0.3, -0.25) is 0 Å². The highest BCUT2D eigenvalue weighted by Gasteiger charge is 2.66. The molecular formula is C11H10O. The lowest BCUT2D eigenvalue weighted by molar-refractivity contribution is 0.110. The van der Waals surface area contributed by atoms with Crippen molar-refractivity contribution in [1.29, 1.82) is 0 Å². The minimum absolute atomic E-state index is 0.562. The van der Waals surface area contributed by atoms with E-state index in [-0.39, 0.29) is 0 Å². The lowest BCUT2D eigenvalue weighted by atomic mass is 9.79. The average molecular weight is 158 g/mol. The Morgan fingerprint density at radius 2 is 2.08 bits per heavy atom. The molecule has 2 fully saturated rings. The van der Waals surface area contributed by atoms with E-state index in [1.165, 1.54) is 12.0 Å². The Bertz CT molecular complexity index is 358. The maximum Gasteiger partial charge on any atom is 0.123 e. The van der Waals surface area contributed by atoms with E-state index >= 15 is 0 Å². The zero-order chi connectivity index (χ0) is 7.71. The van der Waals surface area contributed by atoms with E-state index in [1.807, 2.05) is 0 Å². The molecule has 0 radical (unpaired) electrons. The minimum atomic E-state index is 0.562. The van der Waals surface area contributed by atoms with Crippen molar-refractivity contribution in [1.82, 2.24) is 0 Å². The summed E-state index contributed by atoms with van der Waals surface area (Å²) in [5, 5.41) is 0. The van der Waals surface area contributed by atoms with Gasteiger partial charge in [0.2, 0.25) is 0 Å². The Kier molecular flexibility index (Phi) is 0.722. The first-order valence-corrected chi connectivity index (χ1v) is 4.71. The van der Waals surface area contributed by atoms with Crippen LogP contribution in [0, 0.1) is 11.8 Å². The normalized spacial score (nSPS) is 45.0. The maximum atomic E-state index is 5.86. The van der Waals surface area contributed by atoms with E-state index in [1.54, 1.807) is 0 Å². The summed E-state index contributed by atoms with van der Waals surface area (Å²) >= 11 is 0. The number of rotatable bonds is 0. The molecule has 2 aliphatic carbocycles. The van der Waals surface area contributed by atoms with Crippen LogP contribution >= 0.6 is 0 Å². The second-order valence-corrected chi connectivity index (χ2v) is 4.21. The van der Waals surface area contributed by atoms with Crippen LogP contribution in [0.3, 0.4) is 0 Å². The second-order valence-electron chi connectivity index (χ2n) is 4.21. The van der Waals surface area contributed by atoms with Crippen LogP contribution in [0.2, 0.25) is 0 Å². The fourth-order valence-corrected chi connectivity index (χ4v) is 2.97. The van der Waals surface area contributed by atoms with Crippen molar-refractivity contribution in [2.45, 2.75) is 18.4 Å². The standard InChI is InChI=1S/C11H10O/c1-2-4-9-6(3-1)10-7-5-8(7)11(10)12-9/h1-4,7-8,10-11H,5H2. The highest BCUT2D eigenvalue weighted by atomic mass is 16.5. The Balaban J connectivity index is 1.91. The molecule has 4 atom stereocenters. The van der Waals surface area contributed by atoms with Gasteiger partial charge in [-0.1, -0.05) is 18.2 Å². The fourth-order valence-electron chi connectivity index (χ4n) is 2.97. The predicted molar refractivity (Wildman–Crippen MR) is 45.2 cm³/mol. The van der Waals surface area contributed by atoms with Gasteiger partial charge >= 0.3 is 0 Å². The van der Waals surface area contributed by atoms with E-state index in [4.69, 9.17) is 4.74 Å². The number of hydrogen-bond acceptors (Lipinski definition) is 1. The Morgan fingerprint density at radius 1 is 1.17 bits per heavy atom. The van der Waals surface area contributed by atoms with Gasteiger partial charge in [0, 0.05) is 17.4 Å². The number of hydrogen-bond donors (Lipinski definition) is 0. The van der Waals surface area contributed by atoms with Gasteiger partial charge in [-0.2, -0.15) is 0 Å². The lowest BCUT2D eigenvalue weighted by Gasteiger charge is -2.27. The van der Waals surface area contributed by atoms with Crippen molar-refractivity contribution in [3.8, 4) is 5.75 Å². The molecule has 3 aliphatic rings. The molecule has 1 heteroatoms. The topological polar surface area (TPSA) is 9.23 Å². The highest BCUT2D eigenvalue weighted by molar-refractivity contribution is 5.46.